The number of carbonyl (C=O) groups is 1. The van der Waals surface area contributed by atoms with Gasteiger partial charge in [-0.3, -0.25) is 4.79 Å². The maximum Gasteiger partial charge on any atom is 0.446 e. The van der Waals surface area contributed by atoms with Crippen molar-refractivity contribution in [1.82, 2.24) is 0 Å². The number of hydrogen-bond donors (Lipinski definition) is 1. The summed E-state index contributed by atoms with van der Waals surface area (Å²) >= 11 is -1.08. The van der Waals surface area contributed by atoms with Crippen molar-refractivity contribution >= 4 is 29.5 Å². The van der Waals surface area contributed by atoms with Gasteiger partial charge < -0.3 is 5.11 Å². The molecule has 21 heavy (non-hydrogen) atoms. The average molecular weight is 350 g/mol. The maximum absolute atomic E-state index is 12.4. The molecule has 0 aromatic heterocycles. The van der Waals surface area contributed by atoms with E-state index in [9.17, 15) is 31.1 Å². The summed E-state index contributed by atoms with van der Waals surface area (Å²) in [6.07, 6.45) is -0.595. The van der Waals surface area contributed by atoms with Gasteiger partial charge in [0.15, 0.2) is 0 Å². The molecule has 0 bridgehead atoms. The number of carboxylic acids is 1. The molecule has 0 fully saturated rings. The Balaban J connectivity index is 3.04. The normalized spacial score (nSPS) is 12.5. The van der Waals surface area contributed by atoms with Crippen LogP contribution in [0.5, 0.6) is 0 Å². The Hall–Kier alpha value is -1.03. The summed E-state index contributed by atoms with van der Waals surface area (Å²) in [6.45, 7) is 0. The molecule has 0 aliphatic rings. The number of alkyl halides is 6. The fourth-order valence-corrected chi connectivity index (χ4v) is 2.79. The molecule has 1 aromatic rings. The van der Waals surface area contributed by atoms with Crippen molar-refractivity contribution in [1.29, 1.82) is 0 Å². The van der Waals surface area contributed by atoms with Crippen LogP contribution < -0.4 is 0 Å². The quantitative estimate of drug-likeness (QED) is 0.604. The predicted octanol–water partition coefficient (Wildman–Crippen LogP) is 4.93. The minimum atomic E-state index is -4.67. The summed E-state index contributed by atoms with van der Waals surface area (Å²) in [7, 11) is 0. The van der Waals surface area contributed by atoms with Crippen LogP contribution in [0.2, 0.25) is 0 Å². The number of benzene rings is 1. The van der Waals surface area contributed by atoms with E-state index in [-0.39, 0.29) is 16.9 Å². The third-order valence-corrected chi connectivity index (χ3v) is 3.66. The number of hydrogen-bond acceptors (Lipinski definition) is 3. The van der Waals surface area contributed by atoms with Crippen LogP contribution >= 0.6 is 23.5 Å². The summed E-state index contributed by atoms with van der Waals surface area (Å²) in [6, 6.07) is 2.88. The van der Waals surface area contributed by atoms with E-state index in [1.54, 1.807) is 0 Å². The van der Waals surface area contributed by atoms with Crippen LogP contribution in [0.15, 0.2) is 28.0 Å². The van der Waals surface area contributed by atoms with Gasteiger partial charge in [0.1, 0.15) is 0 Å². The lowest BCUT2D eigenvalue weighted by molar-refractivity contribution is -0.136. The van der Waals surface area contributed by atoms with Gasteiger partial charge in [0.05, 0.1) is 0 Å². The first-order chi connectivity index (χ1) is 9.46. The molecule has 0 heterocycles. The van der Waals surface area contributed by atoms with E-state index in [1.165, 1.54) is 0 Å². The van der Waals surface area contributed by atoms with Crippen molar-refractivity contribution < 1.29 is 36.2 Å². The van der Waals surface area contributed by atoms with Gasteiger partial charge in [-0.1, -0.05) is 6.07 Å². The third-order valence-electron chi connectivity index (χ3n) is 2.11. The van der Waals surface area contributed by atoms with Gasteiger partial charge >= 0.3 is 17.0 Å². The molecule has 0 aliphatic heterocycles. The largest absolute Gasteiger partial charge is 0.481 e. The van der Waals surface area contributed by atoms with Crippen molar-refractivity contribution in [3.8, 4) is 0 Å². The van der Waals surface area contributed by atoms with Crippen LogP contribution in [0.25, 0.3) is 0 Å². The second-order valence-electron chi connectivity index (χ2n) is 3.76. The Bertz CT molecular complexity index is 512. The highest BCUT2D eigenvalue weighted by Gasteiger charge is 2.32. The lowest BCUT2D eigenvalue weighted by atomic mass is 10.1. The molecule has 0 saturated heterocycles. The Morgan fingerprint density at radius 2 is 1.62 bits per heavy atom. The maximum atomic E-state index is 12.4. The Morgan fingerprint density at radius 1 is 1.05 bits per heavy atom. The third kappa shape index (κ3) is 7.51. The van der Waals surface area contributed by atoms with Gasteiger partial charge in [0.2, 0.25) is 0 Å². The second kappa shape index (κ2) is 6.82. The Labute approximate surface area is 123 Å². The summed E-state index contributed by atoms with van der Waals surface area (Å²) in [5.41, 5.74) is -9.23. The van der Waals surface area contributed by atoms with Gasteiger partial charge in [0.25, 0.3) is 0 Å². The molecule has 0 unspecified atom stereocenters. The smallest absolute Gasteiger partial charge is 0.446 e. The molecule has 1 N–H and O–H groups in total. The molecule has 0 atom stereocenters. The van der Waals surface area contributed by atoms with Crippen LogP contribution in [0.4, 0.5) is 26.3 Å². The van der Waals surface area contributed by atoms with E-state index in [1.807, 2.05) is 0 Å². The van der Waals surface area contributed by atoms with Crippen molar-refractivity contribution in [3.63, 3.8) is 0 Å². The first-order valence-electron chi connectivity index (χ1n) is 5.32. The Morgan fingerprint density at radius 3 is 2.10 bits per heavy atom. The molecular formula is C11H8F6O2S2. The van der Waals surface area contributed by atoms with E-state index in [2.05, 4.69) is 0 Å². The summed E-state index contributed by atoms with van der Waals surface area (Å²) in [5.74, 6) is -1.20. The summed E-state index contributed by atoms with van der Waals surface area (Å²) in [4.78, 5) is 9.64. The van der Waals surface area contributed by atoms with Crippen LogP contribution in [0.3, 0.4) is 0 Å². The first-order valence-corrected chi connectivity index (χ1v) is 6.96. The molecule has 2 nitrogen and oxygen atoms in total. The number of halogens is 6. The van der Waals surface area contributed by atoms with Crippen molar-refractivity contribution in [2.75, 3.05) is 0 Å². The molecule has 0 spiro atoms. The van der Waals surface area contributed by atoms with Gasteiger partial charge in [0, 0.05) is 16.2 Å². The highest BCUT2D eigenvalue weighted by Crippen LogP contribution is 2.43. The van der Waals surface area contributed by atoms with E-state index >= 15 is 0 Å². The minimum absolute atomic E-state index is 0.0475. The number of rotatable bonds is 5. The number of aryl methyl sites for hydroxylation is 1. The van der Waals surface area contributed by atoms with Gasteiger partial charge in [-0.05, 0) is 47.6 Å². The lowest BCUT2D eigenvalue weighted by Gasteiger charge is -2.13. The minimum Gasteiger partial charge on any atom is -0.481 e. The zero-order chi connectivity index (χ0) is 16.3. The number of thioether (sulfide) groups is 2. The highest BCUT2D eigenvalue weighted by atomic mass is 32.2. The van der Waals surface area contributed by atoms with E-state index in [0.29, 0.717) is 0 Å². The summed E-state index contributed by atoms with van der Waals surface area (Å²) < 4.78 is 73.9. The van der Waals surface area contributed by atoms with Crippen LogP contribution in [-0.4, -0.2) is 22.1 Å². The van der Waals surface area contributed by atoms with Crippen molar-refractivity contribution in [2.24, 2.45) is 0 Å². The fraction of sp³-hybridized carbons (Fsp3) is 0.364. The SMILES string of the molecule is O=C(O)CCc1ccc(SC(F)(F)F)cc1SC(F)(F)F. The molecule has 1 aromatic carbocycles. The van der Waals surface area contributed by atoms with E-state index in [4.69, 9.17) is 5.11 Å². The number of carboxylic acid groups (broad SMARTS) is 1. The van der Waals surface area contributed by atoms with Gasteiger partial charge in [-0.25, -0.2) is 0 Å². The Kier molecular flexibility index (Phi) is 5.85. The average Bonchev–Trinajstić information content (AvgIpc) is 2.23. The van der Waals surface area contributed by atoms with Gasteiger partial charge in [-0.15, -0.1) is 0 Å². The fourth-order valence-electron chi connectivity index (χ4n) is 1.40. The van der Waals surface area contributed by atoms with Crippen LogP contribution in [-0.2, 0) is 11.2 Å². The van der Waals surface area contributed by atoms with Gasteiger partial charge in [-0.2, -0.15) is 26.3 Å². The zero-order valence-electron chi connectivity index (χ0n) is 10.1. The predicted molar refractivity (Wildman–Crippen MR) is 66.2 cm³/mol. The lowest BCUT2D eigenvalue weighted by Crippen LogP contribution is -2.04. The molecule has 0 aliphatic carbocycles. The monoisotopic (exact) mass is 350 g/mol. The molecule has 10 heteroatoms. The molecule has 0 radical (unpaired) electrons. The number of aliphatic carboxylic acids is 1. The van der Waals surface area contributed by atoms with Crippen LogP contribution in [0, 0.1) is 0 Å². The van der Waals surface area contributed by atoms with Crippen molar-refractivity contribution in [2.45, 2.75) is 33.6 Å². The van der Waals surface area contributed by atoms with Crippen molar-refractivity contribution in [3.05, 3.63) is 23.8 Å². The first kappa shape index (κ1) is 18.0. The molecule has 118 valence electrons. The van der Waals surface area contributed by atoms with E-state index in [0.717, 1.165) is 18.2 Å². The topological polar surface area (TPSA) is 37.3 Å². The summed E-state index contributed by atoms with van der Waals surface area (Å²) in [5, 5.41) is 8.52. The molecule has 0 amide bonds. The standard InChI is InChI=1S/C11H8F6O2S2/c12-10(13,14)20-7-3-1-6(2-4-9(18)19)8(5-7)21-11(15,16)17/h1,3,5H,2,4H2,(H,18,19). The highest BCUT2D eigenvalue weighted by molar-refractivity contribution is 8.01. The second-order valence-corrected chi connectivity index (χ2v) is 6.00. The van der Waals surface area contributed by atoms with Crippen LogP contribution in [0.1, 0.15) is 12.0 Å². The molecular weight excluding hydrogens is 342 g/mol. The van der Waals surface area contributed by atoms with E-state index < -0.39 is 51.8 Å². The molecule has 1 rings (SSSR count). The zero-order valence-corrected chi connectivity index (χ0v) is 11.7. The molecule has 0 saturated carbocycles.